The summed E-state index contributed by atoms with van der Waals surface area (Å²) in [5.41, 5.74) is 11.5. The molecule has 3 aromatic carbocycles. The fraction of sp³-hybridized carbons (Fsp3) is 0.222. The van der Waals surface area contributed by atoms with Crippen molar-refractivity contribution in [2.75, 3.05) is 0 Å². The molecule has 1 fully saturated rings. The summed E-state index contributed by atoms with van der Waals surface area (Å²) in [5.74, 6) is 1.77. The lowest BCUT2D eigenvalue weighted by Gasteiger charge is -2.49. The normalized spacial score (nSPS) is 23.6. The van der Waals surface area contributed by atoms with E-state index in [2.05, 4.69) is 47.0 Å². The van der Waals surface area contributed by atoms with E-state index in [1.54, 1.807) is 0 Å². The number of para-hydroxylation sites is 1. The highest BCUT2D eigenvalue weighted by Crippen LogP contribution is 2.47. The van der Waals surface area contributed by atoms with E-state index in [4.69, 9.17) is 15.5 Å². The van der Waals surface area contributed by atoms with Crippen LogP contribution in [0.4, 0.5) is 0 Å². The Labute approximate surface area is 187 Å². The van der Waals surface area contributed by atoms with E-state index >= 15 is 0 Å². The maximum atomic E-state index is 10.2. The molecule has 2 heterocycles. The first-order valence-electron chi connectivity index (χ1n) is 10.9. The van der Waals surface area contributed by atoms with Crippen LogP contribution in [0.15, 0.2) is 78.9 Å². The average molecular weight is 424 g/mol. The third-order valence-electron chi connectivity index (χ3n) is 6.62. The molecule has 5 heteroatoms. The minimum atomic E-state index is -0.676. The summed E-state index contributed by atoms with van der Waals surface area (Å²) in [6, 6.07) is 26.7. The van der Waals surface area contributed by atoms with Crippen LogP contribution in [0.5, 0.6) is 5.75 Å². The molecule has 160 valence electrons. The molecule has 0 amide bonds. The SMILES string of the molecule is C[C@]1(O)C[C@](N)(c2ccc(-c3nc4n(c3-c3ccccc3)COc3ccccc3-4)cc2)C1. The Kier molecular flexibility index (Phi) is 4.09. The van der Waals surface area contributed by atoms with Crippen molar-refractivity contribution in [2.24, 2.45) is 5.73 Å². The zero-order valence-electron chi connectivity index (χ0n) is 18.0. The third kappa shape index (κ3) is 2.97. The van der Waals surface area contributed by atoms with Crippen molar-refractivity contribution in [1.82, 2.24) is 9.55 Å². The van der Waals surface area contributed by atoms with Gasteiger partial charge in [0.05, 0.1) is 22.6 Å². The molecule has 6 rings (SSSR count). The molecule has 0 radical (unpaired) electrons. The Balaban J connectivity index is 1.48. The Hall–Kier alpha value is -3.41. The molecule has 5 nitrogen and oxygen atoms in total. The van der Waals surface area contributed by atoms with Gasteiger partial charge in [0.25, 0.3) is 0 Å². The van der Waals surface area contributed by atoms with E-state index in [0.29, 0.717) is 19.6 Å². The highest BCUT2D eigenvalue weighted by molar-refractivity contribution is 5.83. The molecule has 0 saturated heterocycles. The van der Waals surface area contributed by atoms with Crippen molar-refractivity contribution >= 4 is 0 Å². The maximum absolute atomic E-state index is 10.2. The molecule has 32 heavy (non-hydrogen) atoms. The number of fused-ring (bicyclic) bond motifs is 3. The molecule has 1 aliphatic carbocycles. The predicted octanol–water partition coefficient (Wildman–Crippen LogP) is 4.93. The smallest absolute Gasteiger partial charge is 0.167 e. The van der Waals surface area contributed by atoms with E-state index in [1.165, 1.54) is 0 Å². The van der Waals surface area contributed by atoms with E-state index in [1.807, 2.05) is 43.3 Å². The van der Waals surface area contributed by atoms with Gasteiger partial charge < -0.3 is 15.6 Å². The molecular formula is C27H25N3O2. The first-order valence-corrected chi connectivity index (χ1v) is 10.9. The maximum Gasteiger partial charge on any atom is 0.167 e. The number of rotatable bonds is 3. The Morgan fingerprint density at radius 1 is 0.906 bits per heavy atom. The molecule has 1 aromatic heterocycles. The van der Waals surface area contributed by atoms with Gasteiger partial charge in [-0.15, -0.1) is 0 Å². The molecule has 0 unspecified atom stereocenters. The standard InChI is InChI=1S/C27H25N3O2/c1-26(31)15-27(28,16-26)20-13-11-18(12-14-20)23-24(19-7-3-2-4-8-19)30-17-32-22-10-6-5-9-21(22)25(30)29-23/h2-14,31H,15-17,28H2,1H3/t26-,27+. The van der Waals surface area contributed by atoms with E-state index in [0.717, 1.165) is 45.2 Å². The Morgan fingerprint density at radius 3 is 2.31 bits per heavy atom. The van der Waals surface area contributed by atoms with Crippen molar-refractivity contribution in [1.29, 1.82) is 0 Å². The van der Waals surface area contributed by atoms with Crippen LogP contribution < -0.4 is 10.5 Å². The molecule has 4 aromatic rings. The Bertz CT molecular complexity index is 1300. The summed E-state index contributed by atoms with van der Waals surface area (Å²) < 4.78 is 8.20. The van der Waals surface area contributed by atoms with Gasteiger partial charge in [-0.3, -0.25) is 4.57 Å². The third-order valence-corrected chi connectivity index (χ3v) is 6.62. The van der Waals surface area contributed by atoms with Gasteiger partial charge in [0.1, 0.15) is 11.6 Å². The largest absolute Gasteiger partial charge is 0.472 e. The molecular weight excluding hydrogens is 398 g/mol. The summed E-state index contributed by atoms with van der Waals surface area (Å²) in [7, 11) is 0. The fourth-order valence-corrected chi connectivity index (χ4v) is 5.26. The van der Waals surface area contributed by atoms with Crippen molar-refractivity contribution in [3.8, 4) is 39.7 Å². The number of nitrogens with zero attached hydrogens (tertiary/aromatic N) is 2. The van der Waals surface area contributed by atoms with Gasteiger partial charge in [-0.2, -0.15) is 0 Å². The van der Waals surface area contributed by atoms with Gasteiger partial charge in [-0.05, 0) is 37.5 Å². The van der Waals surface area contributed by atoms with Gasteiger partial charge >= 0.3 is 0 Å². The van der Waals surface area contributed by atoms with Gasteiger partial charge in [0, 0.05) is 16.7 Å². The van der Waals surface area contributed by atoms with Crippen molar-refractivity contribution < 1.29 is 9.84 Å². The Morgan fingerprint density at radius 2 is 1.59 bits per heavy atom. The summed E-state index contributed by atoms with van der Waals surface area (Å²) >= 11 is 0. The summed E-state index contributed by atoms with van der Waals surface area (Å²) in [6.07, 6.45) is 1.14. The molecule has 0 spiro atoms. The number of aliphatic hydroxyl groups is 1. The lowest BCUT2D eigenvalue weighted by atomic mass is 9.63. The molecule has 0 atom stereocenters. The number of imidazole rings is 1. The number of hydrogen-bond acceptors (Lipinski definition) is 4. The molecule has 3 N–H and O–H groups in total. The lowest BCUT2D eigenvalue weighted by molar-refractivity contribution is -0.0738. The summed E-state index contributed by atoms with van der Waals surface area (Å²) in [6.45, 7) is 2.26. The number of nitrogens with two attached hydrogens (primary N) is 1. The van der Waals surface area contributed by atoms with Crippen LogP contribution in [-0.4, -0.2) is 20.3 Å². The highest BCUT2D eigenvalue weighted by atomic mass is 16.5. The molecule has 1 saturated carbocycles. The van der Waals surface area contributed by atoms with Gasteiger partial charge in [-0.25, -0.2) is 4.98 Å². The van der Waals surface area contributed by atoms with Gasteiger partial charge in [0.2, 0.25) is 0 Å². The number of benzene rings is 3. The van der Waals surface area contributed by atoms with Crippen LogP contribution in [0.1, 0.15) is 25.3 Å². The van der Waals surface area contributed by atoms with Crippen LogP contribution in [0.2, 0.25) is 0 Å². The molecule has 0 bridgehead atoms. The predicted molar refractivity (Wildman–Crippen MR) is 125 cm³/mol. The first kappa shape index (κ1) is 19.3. The number of ether oxygens (including phenoxy) is 1. The topological polar surface area (TPSA) is 73.3 Å². The summed E-state index contributed by atoms with van der Waals surface area (Å²) in [5, 5.41) is 10.2. The van der Waals surface area contributed by atoms with Crippen molar-refractivity contribution in [3.63, 3.8) is 0 Å². The lowest BCUT2D eigenvalue weighted by Crippen LogP contribution is -2.58. The number of aromatic nitrogens is 2. The zero-order valence-corrected chi connectivity index (χ0v) is 18.0. The second kappa shape index (κ2) is 6.79. The second-order valence-corrected chi connectivity index (χ2v) is 9.28. The second-order valence-electron chi connectivity index (χ2n) is 9.28. The van der Waals surface area contributed by atoms with E-state index in [-0.39, 0.29) is 0 Å². The van der Waals surface area contributed by atoms with Crippen LogP contribution >= 0.6 is 0 Å². The van der Waals surface area contributed by atoms with Crippen LogP contribution in [0.25, 0.3) is 33.9 Å². The minimum Gasteiger partial charge on any atom is -0.472 e. The highest BCUT2D eigenvalue weighted by Gasteiger charge is 2.49. The minimum absolute atomic E-state index is 0.419. The van der Waals surface area contributed by atoms with Crippen molar-refractivity contribution in [3.05, 3.63) is 84.4 Å². The average Bonchev–Trinajstić information content (AvgIpc) is 3.18. The summed E-state index contributed by atoms with van der Waals surface area (Å²) in [4.78, 5) is 5.10. The van der Waals surface area contributed by atoms with Crippen LogP contribution in [0, 0.1) is 0 Å². The quantitative estimate of drug-likeness (QED) is 0.490. The van der Waals surface area contributed by atoms with Gasteiger partial charge in [0.15, 0.2) is 6.73 Å². The van der Waals surface area contributed by atoms with Crippen molar-refractivity contribution in [2.45, 2.75) is 37.6 Å². The van der Waals surface area contributed by atoms with E-state index in [9.17, 15) is 5.11 Å². The monoisotopic (exact) mass is 423 g/mol. The van der Waals surface area contributed by atoms with Crippen LogP contribution in [0.3, 0.4) is 0 Å². The zero-order chi connectivity index (χ0) is 21.9. The van der Waals surface area contributed by atoms with Crippen LogP contribution in [-0.2, 0) is 12.3 Å². The van der Waals surface area contributed by atoms with E-state index < -0.39 is 11.1 Å². The fourth-order valence-electron chi connectivity index (χ4n) is 5.26. The molecule has 2 aliphatic rings. The number of hydrogen-bond donors (Lipinski definition) is 2. The molecule has 1 aliphatic heterocycles. The first-order chi connectivity index (χ1) is 15.4. The van der Waals surface area contributed by atoms with Gasteiger partial charge in [-0.1, -0.05) is 66.7 Å².